The third kappa shape index (κ3) is 3.58. The maximum atomic E-state index is 5.18. The second-order valence-corrected chi connectivity index (χ2v) is 4.80. The van der Waals surface area contributed by atoms with Crippen molar-refractivity contribution in [2.45, 2.75) is 13.5 Å². The number of nitrogens with zero attached hydrogens (tertiary/aromatic N) is 3. The lowest BCUT2D eigenvalue weighted by Crippen LogP contribution is -1.89. The molecule has 0 saturated heterocycles. The molecule has 1 aromatic heterocycles. The molecule has 0 fully saturated rings. The SMILES string of the molecule is Cc1ccc(/C=N\OCc2nc(-c3ccccc3)no2)cc1. The van der Waals surface area contributed by atoms with E-state index in [-0.39, 0.29) is 6.61 Å². The third-order valence-corrected chi connectivity index (χ3v) is 3.04. The minimum atomic E-state index is 0.141. The molecule has 2 aromatic carbocycles. The predicted molar refractivity (Wildman–Crippen MR) is 83.3 cm³/mol. The molecular formula is C17H15N3O2. The first-order valence-electron chi connectivity index (χ1n) is 6.91. The molecule has 0 amide bonds. The molecule has 0 bridgehead atoms. The van der Waals surface area contributed by atoms with Gasteiger partial charge in [0.1, 0.15) is 0 Å². The van der Waals surface area contributed by atoms with Crippen molar-refractivity contribution in [1.29, 1.82) is 0 Å². The summed E-state index contributed by atoms with van der Waals surface area (Å²) < 4.78 is 5.13. The van der Waals surface area contributed by atoms with Gasteiger partial charge in [-0.05, 0) is 12.5 Å². The van der Waals surface area contributed by atoms with Crippen LogP contribution in [0.3, 0.4) is 0 Å². The molecule has 22 heavy (non-hydrogen) atoms. The first kappa shape index (κ1) is 14.0. The van der Waals surface area contributed by atoms with Gasteiger partial charge in [-0.15, -0.1) is 0 Å². The number of benzene rings is 2. The van der Waals surface area contributed by atoms with Gasteiger partial charge in [-0.2, -0.15) is 4.98 Å². The average Bonchev–Trinajstić information content (AvgIpc) is 3.03. The monoisotopic (exact) mass is 293 g/mol. The Morgan fingerprint density at radius 3 is 2.64 bits per heavy atom. The summed E-state index contributed by atoms with van der Waals surface area (Å²) in [4.78, 5) is 9.44. The maximum Gasteiger partial charge on any atom is 0.267 e. The number of rotatable bonds is 5. The summed E-state index contributed by atoms with van der Waals surface area (Å²) >= 11 is 0. The van der Waals surface area contributed by atoms with Crippen molar-refractivity contribution in [3.8, 4) is 11.4 Å². The van der Waals surface area contributed by atoms with Crippen molar-refractivity contribution in [3.05, 3.63) is 71.6 Å². The number of oxime groups is 1. The topological polar surface area (TPSA) is 60.5 Å². The Kier molecular flexibility index (Phi) is 4.25. The lowest BCUT2D eigenvalue weighted by atomic mass is 10.2. The van der Waals surface area contributed by atoms with Gasteiger partial charge in [0.25, 0.3) is 5.89 Å². The number of hydrogen-bond acceptors (Lipinski definition) is 5. The van der Waals surface area contributed by atoms with Crippen LogP contribution in [-0.4, -0.2) is 16.4 Å². The van der Waals surface area contributed by atoms with Gasteiger partial charge in [-0.25, -0.2) is 0 Å². The van der Waals surface area contributed by atoms with Gasteiger partial charge in [-0.1, -0.05) is 70.5 Å². The molecule has 0 unspecified atom stereocenters. The van der Waals surface area contributed by atoms with Crippen LogP contribution in [0.25, 0.3) is 11.4 Å². The van der Waals surface area contributed by atoms with Gasteiger partial charge in [0.05, 0.1) is 6.21 Å². The van der Waals surface area contributed by atoms with Crippen LogP contribution >= 0.6 is 0 Å². The molecule has 3 aromatic rings. The first-order chi connectivity index (χ1) is 10.8. The van der Waals surface area contributed by atoms with Crippen LogP contribution < -0.4 is 0 Å². The molecule has 0 atom stereocenters. The molecule has 0 aliphatic heterocycles. The smallest absolute Gasteiger partial charge is 0.267 e. The molecular weight excluding hydrogens is 278 g/mol. The predicted octanol–water partition coefficient (Wildman–Crippen LogP) is 3.60. The highest BCUT2D eigenvalue weighted by atomic mass is 16.6. The van der Waals surface area contributed by atoms with Crippen molar-refractivity contribution in [2.75, 3.05) is 0 Å². The standard InChI is InChI=1S/C17H15N3O2/c1-13-7-9-14(10-8-13)11-18-21-12-16-19-17(20-22-16)15-5-3-2-4-6-15/h2-11H,12H2,1H3/b18-11-. The van der Waals surface area contributed by atoms with E-state index in [2.05, 4.69) is 15.3 Å². The molecule has 3 rings (SSSR count). The Morgan fingerprint density at radius 1 is 1.09 bits per heavy atom. The van der Waals surface area contributed by atoms with Crippen LogP contribution in [0.15, 0.2) is 64.3 Å². The van der Waals surface area contributed by atoms with Crippen molar-refractivity contribution >= 4 is 6.21 Å². The molecule has 5 nitrogen and oxygen atoms in total. The Balaban J connectivity index is 1.56. The number of aromatic nitrogens is 2. The fraction of sp³-hybridized carbons (Fsp3) is 0.118. The Morgan fingerprint density at radius 2 is 1.86 bits per heavy atom. The van der Waals surface area contributed by atoms with Gasteiger partial charge < -0.3 is 9.36 Å². The normalized spacial score (nSPS) is 11.0. The van der Waals surface area contributed by atoms with Crippen LogP contribution in [0.1, 0.15) is 17.0 Å². The van der Waals surface area contributed by atoms with E-state index in [0.29, 0.717) is 11.7 Å². The van der Waals surface area contributed by atoms with Crippen molar-refractivity contribution in [1.82, 2.24) is 10.1 Å². The third-order valence-electron chi connectivity index (χ3n) is 3.04. The summed E-state index contributed by atoms with van der Waals surface area (Å²) in [5.41, 5.74) is 3.08. The van der Waals surface area contributed by atoms with E-state index < -0.39 is 0 Å². The highest BCUT2D eigenvalue weighted by molar-refractivity contribution is 5.79. The molecule has 0 radical (unpaired) electrons. The van der Waals surface area contributed by atoms with Gasteiger partial charge in [-0.3, -0.25) is 0 Å². The molecule has 110 valence electrons. The quantitative estimate of drug-likeness (QED) is 0.532. The molecule has 0 N–H and O–H groups in total. The van der Waals surface area contributed by atoms with E-state index in [0.717, 1.165) is 11.1 Å². The van der Waals surface area contributed by atoms with E-state index >= 15 is 0 Å². The van der Waals surface area contributed by atoms with Crippen LogP contribution in [-0.2, 0) is 11.4 Å². The molecule has 0 aliphatic rings. The Bertz CT molecular complexity index is 749. The summed E-state index contributed by atoms with van der Waals surface area (Å²) in [5, 5.41) is 7.81. The van der Waals surface area contributed by atoms with Crippen LogP contribution in [0, 0.1) is 6.92 Å². The van der Waals surface area contributed by atoms with Crippen LogP contribution in [0.5, 0.6) is 0 Å². The van der Waals surface area contributed by atoms with Crippen molar-refractivity contribution in [3.63, 3.8) is 0 Å². The largest absolute Gasteiger partial charge is 0.386 e. The highest BCUT2D eigenvalue weighted by Gasteiger charge is 2.07. The summed E-state index contributed by atoms with van der Waals surface area (Å²) in [6, 6.07) is 17.6. The van der Waals surface area contributed by atoms with Crippen molar-refractivity contribution in [2.24, 2.45) is 5.16 Å². The zero-order valence-electron chi connectivity index (χ0n) is 12.1. The lowest BCUT2D eigenvalue weighted by Gasteiger charge is -1.95. The summed E-state index contributed by atoms with van der Waals surface area (Å²) in [7, 11) is 0. The Labute approximate surface area is 128 Å². The molecule has 0 spiro atoms. The molecule has 0 saturated carbocycles. The minimum absolute atomic E-state index is 0.141. The Hall–Kier alpha value is -2.95. The first-order valence-corrected chi connectivity index (χ1v) is 6.91. The lowest BCUT2D eigenvalue weighted by molar-refractivity contribution is 0.107. The maximum absolute atomic E-state index is 5.18. The van der Waals surface area contributed by atoms with E-state index in [1.807, 2.05) is 61.5 Å². The van der Waals surface area contributed by atoms with Gasteiger partial charge >= 0.3 is 0 Å². The minimum Gasteiger partial charge on any atom is -0.386 e. The van der Waals surface area contributed by atoms with E-state index in [9.17, 15) is 0 Å². The van der Waals surface area contributed by atoms with E-state index in [1.165, 1.54) is 5.56 Å². The summed E-state index contributed by atoms with van der Waals surface area (Å²) in [6.07, 6.45) is 1.65. The van der Waals surface area contributed by atoms with Gasteiger partial charge in [0, 0.05) is 5.56 Å². The number of hydrogen-bond donors (Lipinski definition) is 0. The fourth-order valence-corrected chi connectivity index (χ4v) is 1.86. The summed E-state index contributed by atoms with van der Waals surface area (Å²) in [5.74, 6) is 0.932. The molecule has 5 heteroatoms. The van der Waals surface area contributed by atoms with Crippen molar-refractivity contribution < 1.29 is 9.36 Å². The van der Waals surface area contributed by atoms with Crippen LogP contribution in [0.4, 0.5) is 0 Å². The van der Waals surface area contributed by atoms with Gasteiger partial charge in [0.15, 0.2) is 6.61 Å². The summed E-state index contributed by atoms with van der Waals surface area (Å²) in [6.45, 7) is 2.18. The highest BCUT2D eigenvalue weighted by Crippen LogP contribution is 2.15. The zero-order chi connectivity index (χ0) is 15.2. The molecule has 0 aliphatic carbocycles. The fourth-order valence-electron chi connectivity index (χ4n) is 1.86. The van der Waals surface area contributed by atoms with Gasteiger partial charge in [0.2, 0.25) is 5.82 Å². The second kappa shape index (κ2) is 6.67. The van der Waals surface area contributed by atoms with E-state index in [1.54, 1.807) is 6.21 Å². The average molecular weight is 293 g/mol. The van der Waals surface area contributed by atoms with Crippen LogP contribution in [0.2, 0.25) is 0 Å². The number of aryl methyl sites for hydroxylation is 1. The molecule has 1 heterocycles. The van der Waals surface area contributed by atoms with E-state index in [4.69, 9.17) is 9.36 Å². The second-order valence-electron chi connectivity index (χ2n) is 4.80. The zero-order valence-corrected chi connectivity index (χ0v) is 12.1.